The highest BCUT2D eigenvalue weighted by molar-refractivity contribution is 7.81. The first kappa shape index (κ1) is 30.6. The largest absolute Gasteiger partial charge is 0.445 e. The molecule has 2 unspecified atom stereocenters. The van der Waals surface area contributed by atoms with Gasteiger partial charge in [0.15, 0.2) is 0 Å². The summed E-state index contributed by atoms with van der Waals surface area (Å²) < 4.78 is 4.69. The van der Waals surface area contributed by atoms with E-state index in [9.17, 15) is 28.8 Å². The number of amides is 6. The van der Waals surface area contributed by atoms with E-state index in [2.05, 4.69) is 28.6 Å². The van der Waals surface area contributed by atoms with Gasteiger partial charge in [0.2, 0.25) is 29.5 Å². The average molecular weight is 550 g/mol. The van der Waals surface area contributed by atoms with Gasteiger partial charge in [-0.25, -0.2) is 4.79 Å². The molecule has 38 heavy (non-hydrogen) atoms. The van der Waals surface area contributed by atoms with Crippen LogP contribution in [0.1, 0.15) is 51.5 Å². The van der Waals surface area contributed by atoms with E-state index in [1.807, 2.05) is 0 Å². The zero-order valence-electron chi connectivity index (χ0n) is 21.5. The molecular formula is C25H35N5O7S. The van der Waals surface area contributed by atoms with Gasteiger partial charge in [-0.2, -0.15) is 12.6 Å². The Balaban J connectivity index is 1.70. The summed E-state index contributed by atoms with van der Waals surface area (Å²) in [6, 6.07) is 5.74. The molecule has 12 nitrogen and oxygen atoms in total. The molecule has 1 heterocycles. The van der Waals surface area contributed by atoms with Crippen molar-refractivity contribution in [2.75, 3.05) is 18.4 Å². The minimum atomic E-state index is -0.883. The van der Waals surface area contributed by atoms with Crippen molar-refractivity contribution in [3.8, 4) is 0 Å². The average Bonchev–Trinajstić information content (AvgIpc) is 3.10. The van der Waals surface area contributed by atoms with E-state index in [0.717, 1.165) is 0 Å². The van der Waals surface area contributed by atoms with Crippen LogP contribution in [0.25, 0.3) is 0 Å². The van der Waals surface area contributed by atoms with Gasteiger partial charge in [0.1, 0.15) is 12.6 Å². The molecule has 2 rings (SSSR count). The first-order valence-corrected chi connectivity index (χ1v) is 12.9. The van der Waals surface area contributed by atoms with Crippen LogP contribution in [0.15, 0.2) is 24.3 Å². The van der Waals surface area contributed by atoms with Crippen molar-refractivity contribution in [2.24, 2.45) is 11.7 Å². The van der Waals surface area contributed by atoms with E-state index in [1.54, 1.807) is 38.1 Å². The second kappa shape index (κ2) is 15.0. The number of hydrogen-bond acceptors (Lipinski definition) is 8. The van der Waals surface area contributed by atoms with Crippen LogP contribution in [-0.2, 0) is 35.3 Å². The van der Waals surface area contributed by atoms with Crippen molar-refractivity contribution in [3.63, 3.8) is 0 Å². The zero-order valence-corrected chi connectivity index (χ0v) is 22.4. The normalized spacial score (nSPS) is 15.8. The number of hydrogen-bond donors (Lipinski definition) is 5. The molecule has 208 valence electrons. The number of nitrogens with one attached hydrogen (secondary N) is 3. The molecule has 5 N–H and O–H groups in total. The summed E-state index contributed by atoms with van der Waals surface area (Å²) in [4.78, 5) is 72.8. The summed E-state index contributed by atoms with van der Waals surface area (Å²) in [7, 11) is 0. The Morgan fingerprint density at radius 1 is 1.08 bits per heavy atom. The molecule has 0 spiro atoms. The predicted octanol–water partition coefficient (Wildman–Crippen LogP) is 1.10. The lowest BCUT2D eigenvalue weighted by molar-refractivity contribution is -0.138. The fraction of sp³-hybridized carbons (Fsp3) is 0.520. The Bertz CT molecular complexity index is 1030. The van der Waals surface area contributed by atoms with E-state index < -0.39 is 29.2 Å². The van der Waals surface area contributed by atoms with E-state index >= 15 is 0 Å². The lowest BCUT2D eigenvalue weighted by atomic mass is 10.0. The maximum Gasteiger partial charge on any atom is 0.404 e. The van der Waals surface area contributed by atoms with Crippen molar-refractivity contribution < 1.29 is 33.5 Å². The number of carbonyl (C=O) groups is 6. The van der Waals surface area contributed by atoms with Crippen molar-refractivity contribution in [3.05, 3.63) is 29.8 Å². The molecule has 1 aromatic rings. The third-order valence-electron chi connectivity index (χ3n) is 5.81. The Morgan fingerprint density at radius 2 is 1.76 bits per heavy atom. The monoisotopic (exact) mass is 549 g/mol. The van der Waals surface area contributed by atoms with Crippen LogP contribution in [0, 0.1) is 5.92 Å². The second-order valence-electron chi connectivity index (χ2n) is 9.27. The van der Waals surface area contributed by atoms with Crippen LogP contribution in [0.4, 0.5) is 10.5 Å². The molecule has 0 radical (unpaired) electrons. The van der Waals surface area contributed by atoms with Crippen LogP contribution < -0.4 is 21.7 Å². The minimum absolute atomic E-state index is 0.0132. The first-order chi connectivity index (χ1) is 18.0. The molecule has 0 aromatic heterocycles. The Morgan fingerprint density at radius 3 is 2.34 bits per heavy atom. The quantitative estimate of drug-likeness (QED) is 0.131. The highest BCUT2D eigenvalue weighted by atomic mass is 32.1. The molecule has 1 aliphatic rings. The van der Waals surface area contributed by atoms with Crippen molar-refractivity contribution in [1.82, 2.24) is 15.5 Å². The topological polar surface area (TPSA) is 177 Å². The second-order valence-corrected chi connectivity index (χ2v) is 9.90. The third-order valence-corrected chi connectivity index (χ3v) is 6.22. The number of likely N-dealkylation sites (tertiary alicyclic amines) is 1. The van der Waals surface area contributed by atoms with Gasteiger partial charge in [0.05, 0.1) is 11.8 Å². The summed E-state index contributed by atoms with van der Waals surface area (Å²) in [5.74, 6) is -1.94. The number of nitrogens with two attached hydrogens (primary N) is 1. The predicted molar refractivity (Wildman–Crippen MR) is 142 cm³/mol. The van der Waals surface area contributed by atoms with E-state index in [4.69, 9.17) is 10.5 Å². The molecular weight excluding hydrogens is 514 g/mol. The molecule has 1 aliphatic heterocycles. The summed E-state index contributed by atoms with van der Waals surface area (Å²) in [6.07, 6.45) is 1.18. The lowest BCUT2D eigenvalue weighted by Gasteiger charge is -2.21. The van der Waals surface area contributed by atoms with Crippen LogP contribution in [-0.4, -0.2) is 64.9 Å². The number of nitrogens with zero attached hydrogens (tertiary/aromatic N) is 1. The third kappa shape index (κ3) is 10.0. The highest BCUT2D eigenvalue weighted by Gasteiger charge is 2.35. The lowest BCUT2D eigenvalue weighted by Crippen LogP contribution is -2.51. The number of imide groups is 1. The summed E-state index contributed by atoms with van der Waals surface area (Å²) in [5, 5.41) is 7.33. The minimum Gasteiger partial charge on any atom is -0.445 e. The number of unbranched alkanes of at least 4 members (excludes halogenated alkanes) is 2. The van der Waals surface area contributed by atoms with Crippen molar-refractivity contribution >= 4 is 53.9 Å². The van der Waals surface area contributed by atoms with E-state index in [0.29, 0.717) is 37.1 Å². The number of primary amides is 1. The molecule has 1 fully saturated rings. The van der Waals surface area contributed by atoms with E-state index in [-0.39, 0.29) is 49.6 Å². The molecule has 0 saturated carbocycles. The number of benzene rings is 1. The fourth-order valence-electron chi connectivity index (χ4n) is 3.73. The van der Waals surface area contributed by atoms with Gasteiger partial charge < -0.3 is 26.4 Å². The first-order valence-electron chi connectivity index (χ1n) is 12.4. The van der Waals surface area contributed by atoms with Gasteiger partial charge in [-0.1, -0.05) is 32.4 Å². The summed E-state index contributed by atoms with van der Waals surface area (Å²) in [6.45, 7) is 3.61. The molecule has 6 amide bonds. The van der Waals surface area contributed by atoms with Gasteiger partial charge in [0.25, 0.3) is 0 Å². The Labute approximate surface area is 226 Å². The molecule has 13 heteroatoms. The van der Waals surface area contributed by atoms with Crippen molar-refractivity contribution in [2.45, 2.75) is 63.9 Å². The number of anilines is 1. The molecule has 0 aliphatic carbocycles. The van der Waals surface area contributed by atoms with Gasteiger partial charge >= 0.3 is 6.09 Å². The van der Waals surface area contributed by atoms with Crippen LogP contribution >= 0.6 is 12.6 Å². The maximum atomic E-state index is 12.6. The Kier molecular flexibility index (Phi) is 12.1. The standard InChI is InChI=1S/C25H35N5O7S/c1-15(2)22(29-19(31)6-4-3-5-11-30-21(33)12-18(38)24(30)35)23(34)27-13-20(32)28-17-9-7-16(8-10-17)14-37-25(26)36/h7-10,15,18,22,38H,3-6,11-14H2,1-2H3,(H2,26,36)(H,27,34)(H,28,32)(H,29,31). The van der Waals surface area contributed by atoms with Crippen LogP contribution in [0.2, 0.25) is 0 Å². The van der Waals surface area contributed by atoms with Crippen LogP contribution in [0.3, 0.4) is 0 Å². The van der Waals surface area contributed by atoms with Gasteiger partial charge in [0, 0.05) is 25.1 Å². The molecule has 1 saturated heterocycles. The fourth-order valence-corrected chi connectivity index (χ4v) is 4.03. The molecule has 0 bridgehead atoms. The number of rotatable bonds is 14. The molecule has 2 atom stereocenters. The van der Waals surface area contributed by atoms with Crippen LogP contribution in [0.5, 0.6) is 0 Å². The zero-order chi connectivity index (χ0) is 28.2. The van der Waals surface area contributed by atoms with Crippen molar-refractivity contribution in [1.29, 1.82) is 0 Å². The summed E-state index contributed by atoms with van der Waals surface area (Å²) >= 11 is 4.09. The number of ether oxygens (including phenoxy) is 1. The van der Waals surface area contributed by atoms with E-state index in [1.165, 1.54) is 4.90 Å². The SMILES string of the molecule is CC(C)C(NC(=O)CCCCCN1C(=O)CC(S)C1=O)C(=O)NCC(=O)Nc1ccc(COC(N)=O)cc1. The summed E-state index contributed by atoms with van der Waals surface area (Å²) in [5.41, 5.74) is 6.10. The Hall–Kier alpha value is -3.61. The number of carbonyl (C=O) groups excluding carboxylic acids is 6. The number of thiol groups is 1. The van der Waals surface area contributed by atoms with Gasteiger partial charge in [-0.3, -0.25) is 28.9 Å². The van der Waals surface area contributed by atoms with Gasteiger partial charge in [-0.05, 0) is 36.5 Å². The van der Waals surface area contributed by atoms with Gasteiger partial charge in [-0.15, -0.1) is 0 Å². The maximum absolute atomic E-state index is 12.6. The molecule has 1 aromatic carbocycles. The highest BCUT2D eigenvalue weighted by Crippen LogP contribution is 2.18. The smallest absolute Gasteiger partial charge is 0.404 e.